The molecule has 0 aliphatic heterocycles. The van der Waals surface area contributed by atoms with E-state index < -0.39 is 0 Å². The van der Waals surface area contributed by atoms with Crippen molar-refractivity contribution >= 4 is 33.4 Å². The summed E-state index contributed by atoms with van der Waals surface area (Å²) >= 11 is 3.35. The number of hydrogen-bond donors (Lipinski definition) is 3. The second kappa shape index (κ2) is 8.61. The molecule has 2 amide bonds. The second-order valence-electron chi connectivity index (χ2n) is 5.49. The fourth-order valence-corrected chi connectivity index (χ4v) is 2.35. The van der Waals surface area contributed by atoms with Crippen molar-refractivity contribution in [2.75, 3.05) is 11.9 Å². The zero-order valence-corrected chi connectivity index (χ0v) is 14.8. The highest BCUT2D eigenvalue weighted by molar-refractivity contribution is 9.10. The Morgan fingerprint density at radius 1 is 1.17 bits per heavy atom. The van der Waals surface area contributed by atoms with E-state index in [9.17, 15) is 9.59 Å². The van der Waals surface area contributed by atoms with Gasteiger partial charge in [-0.05, 0) is 42.8 Å². The summed E-state index contributed by atoms with van der Waals surface area (Å²) in [6.45, 7) is 1.58. The molecule has 6 heteroatoms. The molecule has 0 aliphatic rings. The van der Waals surface area contributed by atoms with Crippen LogP contribution in [0.2, 0.25) is 0 Å². The summed E-state index contributed by atoms with van der Waals surface area (Å²) in [6, 6.07) is 13.9. The van der Waals surface area contributed by atoms with Crippen LogP contribution in [0.3, 0.4) is 0 Å². The van der Waals surface area contributed by atoms with Crippen molar-refractivity contribution in [1.29, 1.82) is 0 Å². The minimum atomic E-state index is -0.326. The number of aliphatic hydroxyl groups excluding tert-OH is 1. The highest BCUT2D eigenvalue weighted by Gasteiger charge is 2.10. The van der Waals surface area contributed by atoms with Crippen LogP contribution >= 0.6 is 15.9 Å². The minimum absolute atomic E-state index is 0.130. The standard InChI is InChI=1S/C18H19BrN2O3/c1-12(11-22)20-18(24)14-3-2-4-16(10-14)21-17(23)9-13-5-7-15(19)8-6-13/h2-8,10,12,22H,9,11H2,1H3,(H,20,24)(H,21,23)/t12-/m1/s1. The molecule has 1 atom stereocenters. The highest BCUT2D eigenvalue weighted by Crippen LogP contribution is 2.14. The minimum Gasteiger partial charge on any atom is -0.394 e. The van der Waals surface area contributed by atoms with Gasteiger partial charge in [0.05, 0.1) is 13.0 Å². The summed E-state index contributed by atoms with van der Waals surface area (Å²) in [6.07, 6.45) is 0.255. The van der Waals surface area contributed by atoms with E-state index in [4.69, 9.17) is 5.11 Å². The first-order valence-electron chi connectivity index (χ1n) is 7.54. The summed E-state index contributed by atoms with van der Waals surface area (Å²) in [4.78, 5) is 24.2. The topological polar surface area (TPSA) is 78.4 Å². The number of rotatable bonds is 6. The molecule has 2 rings (SSSR count). The lowest BCUT2D eigenvalue weighted by molar-refractivity contribution is -0.115. The van der Waals surface area contributed by atoms with Crippen molar-refractivity contribution in [2.45, 2.75) is 19.4 Å². The third-order valence-corrected chi connectivity index (χ3v) is 3.87. The van der Waals surface area contributed by atoms with Gasteiger partial charge < -0.3 is 15.7 Å². The van der Waals surface area contributed by atoms with Crippen molar-refractivity contribution < 1.29 is 14.7 Å². The fourth-order valence-electron chi connectivity index (χ4n) is 2.08. The quantitative estimate of drug-likeness (QED) is 0.709. The Bertz CT molecular complexity index is 716. The molecule has 0 heterocycles. The first-order chi connectivity index (χ1) is 11.5. The van der Waals surface area contributed by atoms with Gasteiger partial charge in [-0.25, -0.2) is 0 Å². The number of carbonyl (C=O) groups excluding carboxylic acids is 2. The molecule has 0 fully saturated rings. The van der Waals surface area contributed by atoms with E-state index in [1.807, 2.05) is 24.3 Å². The molecular formula is C18H19BrN2O3. The second-order valence-corrected chi connectivity index (χ2v) is 6.40. The van der Waals surface area contributed by atoms with E-state index in [2.05, 4.69) is 26.6 Å². The molecular weight excluding hydrogens is 372 g/mol. The van der Waals surface area contributed by atoms with Crippen LogP contribution in [0.25, 0.3) is 0 Å². The van der Waals surface area contributed by atoms with Gasteiger partial charge in [0, 0.05) is 21.8 Å². The molecule has 0 spiro atoms. The Labute approximate surface area is 149 Å². The van der Waals surface area contributed by atoms with E-state index in [1.54, 1.807) is 31.2 Å². The van der Waals surface area contributed by atoms with Gasteiger partial charge in [0.15, 0.2) is 0 Å². The van der Waals surface area contributed by atoms with E-state index >= 15 is 0 Å². The lowest BCUT2D eigenvalue weighted by Gasteiger charge is -2.12. The molecule has 2 aromatic carbocycles. The van der Waals surface area contributed by atoms with Crippen LogP contribution in [0.5, 0.6) is 0 Å². The lowest BCUT2D eigenvalue weighted by Crippen LogP contribution is -2.35. The van der Waals surface area contributed by atoms with Crippen molar-refractivity contribution in [3.63, 3.8) is 0 Å². The van der Waals surface area contributed by atoms with E-state index in [0.717, 1.165) is 10.0 Å². The molecule has 0 saturated heterocycles. The Balaban J connectivity index is 1.99. The van der Waals surface area contributed by atoms with Crippen LogP contribution in [-0.2, 0) is 11.2 Å². The number of nitrogens with one attached hydrogen (secondary N) is 2. The molecule has 0 aromatic heterocycles. The van der Waals surface area contributed by atoms with E-state index in [0.29, 0.717) is 11.3 Å². The molecule has 0 bridgehead atoms. The average molecular weight is 391 g/mol. The summed E-state index contributed by atoms with van der Waals surface area (Å²) in [5.74, 6) is -0.445. The smallest absolute Gasteiger partial charge is 0.251 e. The molecule has 0 radical (unpaired) electrons. The third kappa shape index (κ3) is 5.47. The summed E-state index contributed by atoms with van der Waals surface area (Å²) < 4.78 is 0.961. The Kier molecular flexibility index (Phi) is 6.52. The summed E-state index contributed by atoms with van der Waals surface area (Å²) in [5.41, 5.74) is 1.89. The van der Waals surface area contributed by atoms with Gasteiger partial charge in [0.25, 0.3) is 5.91 Å². The van der Waals surface area contributed by atoms with E-state index in [1.165, 1.54) is 0 Å². The first kappa shape index (κ1) is 18.2. The molecule has 5 nitrogen and oxygen atoms in total. The Hall–Kier alpha value is -2.18. The number of halogens is 1. The lowest BCUT2D eigenvalue weighted by atomic mass is 10.1. The maximum Gasteiger partial charge on any atom is 0.251 e. The van der Waals surface area contributed by atoms with Gasteiger partial charge in [-0.1, -0.05) is 34.1 Å². The van der Waals surface area contributed by atoms with Crippen LogP contribution in [0.15, 0.2) is 53.0 Å². The molecule has 24 heavy (non-hydrogen) atoms. The largest absolute Gasteiger partial charge is 0.394 e. The SMILES string of the molecule is C[C@H](CO)NC(=O)c1cccc(NC(=O)Cc2ccc(Br)cc2)c1. The van der Waals surface area contributed by atoms with Gasteiger partial charge in [0.2, 0.25) is 5.91 Å². The number of hydrogen-bond acceptors (Lipinski definition) is 3. The highest BCUT2D eigenvalue weighted by atomic mass is 79.9. The number of aliphatic hydroxyl groups is 1. The van der Waals surface area contributed by atoms with Gasteiger partial charge >= 0.3 is 0 Å². The van der Waals surface area contributed by atoms with Crippen LogP contribution in [0.1, 0.15) is 22.8 Å². The molecule has 0 saturated carbocycles. The van der Waals surface area contributed by atoms with Gasteiger partial charge in [-0.2, -0.15) is 0 Å². The maximum atomic E-state index is 12.1. The predicted octanol–water partition coefficient (Wildman–Crippen LogP) is 2.74. The third-order valence-electron chi connectivity index (χ3n) is 3.34. The molecule has 0 aliphatic carbocycles. The normalized spacial score (nSPS) is 11.6. The fraction of sp³-hybridized carbons (Fsp3) is 0.222. The Morgan fingerprint density at radius 3 is 2.54 bits per heavy atom. The van der Waals surface area contributed by atoms with Crippen molar-refractivity contribution in [3.8, 4) is 0 Å². The molecule has 126 valence electrons. The number of amides is 2. The number of carbonyl (C=O) groups is 2. The van der Waals surface area contributed by atoms with Crippen molar-refractivity contribution in [2.24, 2.45) is 0 Å². The predicted molar refractivity (Wildman–Crippen MR) is 96.9 cm³/mol. The number of anilines is 1. The van der Waals surface area contributed by atoms with Crippen LogP contribution in [0.4, 0.5) is 5.69 Å². The zero-order valence-electron chi connectivity index (χ0n) is 13.3. The van der Waals surface area contributed by atoms with Gasteiger partial charge in [0.1, 0.15) is 0 Å². The van der Waals surface area contributed by atoms with Gasteiger partial charge in [-0.3, -0.25) is 9.59 Å². The molecule has 3 N–H and O–H groups in total. The average Bonchev–Trinajstić information content (AvgIpc) is 2.57. The van der Waals surface area contributed by atoms with Crippen LogP contribution in [-0.4, -0.2) is 29.6 Å². The molecule has 2 aromatic rings. The zero-order chi connectivity index (χ0) is 17.5. The van der Waals surface area contributed by atoms with Crippen LogP contribution in [0, 0.1) is 0 Å². The van der Waals surface area contributed by atoms with E-state index in [-0.39, 0.29) is 30.9 Å². The summed E-state index contributed by atoms with van der Waals surface area (Å²) in [5, 5.41) is 14.4. The monoisotopic (exact) mass is 390 g/mol. The Morgan fingerprint density at radius 2 is 1.88 bits per heavy atom. The molecule has 0 unspecified atom stereocenters. The van der Waals surface area contributed by atoms with Crippen molar-refractivity contribution in [1.82, 2.24) is 5.32 Å². The maximum absolute atomic E-state index is 12.1. The summed E-state index contributed by atoms with van der Waals surface area (Å²) in [7, 11) is 0. The van der Waals surface area contributed by atoms with Gasteiger partial charge in [-0.15, -0.1) is 0 Å². The van der Waals surface area contributed by atoms with Crippen molar-refractivity contribution in [3.05, 3.63) is 64.1 Å². The van der Waals surface area contributed by atoms with Crippen LogP contribution < -0.4 is 10.6 Å². The first-order valence-corrected chi connectivity index (χ1v) is 8.33. The number of benzene rings is 2.